The van der Waals surface area contributed by atoms with Crippen molar-refractivity contribution in [2.75, 3.05) is 12.3 Å². The summed E-state index contributed by atoms with van der Waals surface area (Å²) in [6.07, 6.45) is 5.27. The molecule has 158 valence electrons. The third kappa shape index (κ3) is 6.77. The molecule has 30 heavy (non-hydrogen) atoms. The predicted octanol–water partition coefficient (Wildman–Crippen LogP) is 5.99. The Bertz CT molecular complexity index is 908. The zero-order chi connectivity index (χ0) is 21.2. The molecule has 0 saturated carbocycles. The molecule has 5 heteroatoms. The highest BCUT2D eigenvalue weighted by Gasteiger charge is 2.16. The maximum Gasteiger partial charge on any atom is 0.233 e. The minimum Gasteiger partial charge on any atom is -0.345 e. The Morgan fingerprint density at radius 3 is 2.50 bits per heavy atom. The van der Waals surface area contributed by atoms with Gasteiger partial charge in [-0.1, -0.05) is 50.1 Å². The average Bonchev–Trinajstić information content (AvgIpc) is 3.20. The minimum atomic E-state index is -0.227. The van der Waals surface area contributed by atoms with Gasteiger partial charge in [-0.05, 0) is 48.4 Å². The quantitative estimate of drug-likeness (QED) is 0.279. The fourth-order valence-electron chi connectivity index (χ4n) is 3.33. The average molecular weight is 425 g/mol. The number of carbonyl (C=O) groups excluding carboxylic acids is 1. The van der Waals surface area contributed by atoms with Crippen molar-refractivity contribution in [3.05, 3.63) is 90.0 Å². The summed E-state index contributed by atoms with van der Waals surface area (Å²) in [6.45, 7) is 4.19. The molecule has 1 aromatic heterocycles. The fourth-order valence-corrected chi connectivity index (χ4v) is 4.15. The second-order valence-corrected chi connectivity index (χ2v) is 8.43. The van der Waals surface area contributed by atoms with Gasteiger partial charge >= 0.3 is 0 Å². The first-order chi connectivity index (χ1) is 14.7. The highest BCUT2D eigenvalue weighted by Crippen LogP contribution is 2.19. The van der Waals surface area contributed by atoms with Crippen LogP contribution in [0.5, 0.6) is 0 Å². The molecule has 0 aliphatic rings. The molecule has 1 heterocycles. The van der Waals surface area contributed by atoms with Crippen molar-refractivity contribution < 1.29 is 9.18 Å². The number of nitrogens with zero attached hydrogens (tertiary/aromatic N) is 2. The van der Waals surface area contributed by atoms with E-state index >= 15 is 0 Å². The summed E-state index contributed by atoms with van der Waals surface area (Å²) in [6, 6.07) is 20.7. The molecule has 0 bridgehead atoms. The third-order valence-electron chi connectivity index (χ3n) is 5.03. The van der Waals surface area contributed by atoms with E-state index in [1.54, 1.807) is 23.9 Å². The molecule has 0 atom stereocenters. The normalized spacial score (nSPS) is 10.9. The Labute approximate surface area is 182 Å². The van der Waals surface area contributed by atoms with Crippen LogP contribution in [-0.4, -0.2) is 27.7 Å². The zero-order valence-corrected chi connectivity index (χ0v) is 18.3. The molecule has 0 radical (unpaired) electrons. The second kappa shape index (κ2) is 11.6. The summed E-state index contributed by atoms with van der Waals surface area (Å²) >= 11 is 1.58. The van der Waals surface area contributed by atoms with E-state index in [0.29, 0.717) is 18.8 Å². The highest BCUT2D eigenvalue weighted by atomic mass is 32.2. The lowest BCUT2D eigenvalue weighted by Gasteiger charge is -2.24. The van der Waals surface area contributed by atoms with E-state index in [-0.39, 0.29) is 11.7 Å². The van der Waals surface area contributed by atoms with Crippen molar-refractivity contribution >= 4 is 17.7 Å². The molecule has 1 amide bonds. The molecular formula is C25H29FN2OS. The van der Waals surface area contributed by atoms with Gasteiger partial charge in [-0.3, -0.25) is 4.79 Å². The van der Waals surface area contributed by atoms with Gasteiger partial charge < -0.3 is 9.47 Å². The van der Waals surface area contributed by atoms with Crippen LogP contribution in [-0.2, 0) is 17.9 Å². The van der Waals surface area contributed by atoms with E-state index in [0.717, 1.165) is 42.0 Å². The molecule has 3 aromatic rings. The highest BCUT2D eigenvalue weighted by molar-refractivity contribution is 8.00. The SMILES string of the molecule is CCCCCN(Cc1cccn1Cc1ccc(F)cc1)C(=O)CSc1ccccc1. The van der Waals surface area contributed by atoms with Crippen LogP contribution in [0.15, 0.2) is 77.8 Å². The topological polar surface area (TPSA) is 25.2 Å². The van der Waals surface area contributed by atoms with Crippen LogP contribution >= 0.6 is 11.8 Å². The number of carbonyl (C=O) groups is 1. The molecule has 3 rings (SSSR count). The number of amides is 1. The summed E-state index contributed by atoms with van der Waals surface area (Å²) < 4.78 is 15.3. The van der Waals surface area contributed by atoms with Crippen LogP contribution in [0, 0.1) is 5.82 Å². The van der Waals surface area contributed by atoms with Gasteiger partial charge in [0.25, 0.3) is 0 Å². The van der Waals surface area contributed by atoms with Crippen LogP contribution in [0.1, 0.15) is 37.4 Å². The molecule has 0 aliphatic heterocycles. The van der Waals surface area contributed by atoms with Crippen LogP contribution in [0.4, 0.5) is 4.39 Å². The third-order valence-corrected chi connectivity index (χ3v) is 6.03. The molecular weight excluding hydrogens is 395 g/mol. The molecule has 0 fully saturated rings. The number of unbranched alkanes of at least 4 members (excludes halogenated alkanes) is 2. The summed E-state index contributed by atoms with van der Waals surface area (Å²) in [7, 11) is 0. The summed E-state index contributed by atoms with van der Waals surface area (Å²) in [5, 5.41) is 0. The number of hydrogen-bond acceptors (Lipinski definition) is 2. The summed E-state index contributed by atoms with van der Waals surface area (Å²) in [5.41, 5.74) is 2.13. The predicted molar refractivity (Wildman–Crippen MR) is 122 cm³/mol. The first-order valence-electron chi connectivity index (χ1n) is 10.5. The van der Waals surface area contributed by atoms with E-state index in [1.165, 1.54) is 12.1 Å². The monoisotopic (exact) mass is 424 g/mol. The van der Waals surface area contributed by atoms with Crippen molar-refractivity contribution in [3.8, 4) is 0 Å². The minimum absolute atomic E-state index is 0.162. The maximum atomic E-state index is 13.2. The van der Waals surface area contributed by atoms with Gasteiger partial charge in [0.05, 0.1) is 12.3 Å². The largest absolute Gasteiger partial charge is 0.345 e. The van der Waals surface area contributed by atoms with Gasteiger partial charge in [0.2, 0.25) is 5.91 Å². The van der Waals surface area contributed by atoms with E-state index in [9.17, 15) is 9.18 Å². The van der Waals surface area contributed by atoms with Gasteiger partial charge in [-0.25, -0.2) is 4.39 Å². The number of thioether (sulfide) groups is 1. The molecule has 0 N–H and O–H groups in total. The van der Waals surface area contributed by atoms with Gasteiger partial charge in [0, 0.05) is 29.9 Å². The Balaban J connectivity index is 1.66. The van der Waals surface area contributed by atoms with Gasteiger partial charge in [-0.2, -0.15) is 0 Å². The van der Waals surface area contributed by atoms with Crippen LogP contribution < -0.4 is 0 Å². The lowest BCUT2D eigenvalue weighted by molar-refractivity contribution is -0.129. The Morgan fingerprint density at radius 1 is 1.00 bits per heavy atom. The fraction of sp³-hybridized carbons (Fsp3) is 0.320. The Kier molecular flexibility index (Phi) is 8.57. The lowest BCUT2D eigenvalue weighted by Crippen LogP contribution is -2.33. The van der Waals surface area contributed by atoms with Gasteiger partial charge in [0.15, 0.2) is 0 Å². The second-order valence-electron chi connectivity index (χ2n) is 7.38. The van der Waals surface area contributed by atoms with Gasteiger partial charge in [0.1, 0.15) is 5.82 Å². The van der Waals surface area contributed by atoms with Crippen molar-refractivity contribution in [2.45, 2.75) is 44.2 Å². The Morgan fingerprint density at radius 2 is 1.77 bits per heavy atom. The molecule has 3 nitrogen and oxygen atoms in total. The van der Waals surface area contributed by atoms with Gasteiger partial charge in [-0.15, -0.1) is 11.8 Å². The molecule has 2 aromatic carbocycles. The van der Waals surface area contributed by atoms with Crippen molar-refractivity contribution in [2.24, 2.45) is 0 Å². The molecule has 0 saturated heterocycles. The molecule has 0 aliphatic carbocycles. The zero-order valence-electron chi connectivity index (χ0n) is 17.5. The van der Waals surface area contributed by atoms with Crippen LogP contribution in [0.2, 0.25) is 0 Å². The van der Waals surface area contributed by atoms with E-state index in [2.05, 4.69) is 17.6 Å². The van der Waals surface area contributed by atoms with E-state index in [1.807, 2.05) is 47.5 Å². The summed E-state index contributed by atoms with van der Waals surface area (Å²) in [5.74, 6) is 0.374. The van der Waals surface area contributed by atoms with E-state index < -0.39 is 0 Å². The van der Waals surface area contributed by atoms with Crippen LogP contribution in [0.25, 0.3) is 0 Å². The number of halogens is 1. The standard InChI is InChI=1S/C25H29FN2OS/c1-2-3-7-16-28(25(29)20-30-24-10-5-4-6-11-24)19-23-9-8-17-27(23)18-21-12-14-22(26)15-13-21/h4-6,8-15,17H,2-3,7,16,18-20H2,1H3. The first kappa shape index (κ1) is 22.2. The number of benzene rings is 2. The lowest BCUT2D eigenvalue weighted by atomic mass is 10.2. The summed E-state index contributed by atoms with van der Waals surface area (Å²) in [4.78, 5) is 16.1. The van der Waals surface area contributed by atoms with Crippen molar-refractivity contribution in [3.63, 3.8) is 0 Å². The van der Waals surface area contributed by atoms with Crippen molar-refractivity contribution in [1.29, 1.82) is 0 Å². The first-order valence-corrected chi connectivity index (χ1v) is 11.5. The van der Waals surface area contributed by atoms with E-state index in [4.69, 9.17) is 0 Å². The number of rotatable bonds is 11. The molecule has 0 unspecified atom stereocenters. The number of aromatic nitrogens is 1. The molecule has 0 spiro atoms. The smallest absolute Gasteiger partial charge is 0.233 e. The van der Waals surface area contributed by atoms with Crippen LogP contribution in [0.3, 0.4) is 0 Å². The Hall–Kier alpha value is -2.53. The maximum absolute atomic E-state index is 13.2. The van der Waals surface area contributed by atoms with Crippen molar-refractivity contribution in [1.82, 2.24) is 9.47 Å². The number of hydrogen-bond donors (Lipinski definition) is 0.